The summed E-state index contributed by atoms with van der Waals surface area (Å²) in [7, 11) is 0. The number of halogens is 1. The van der Waals surface area contributed by atoms with Crippen LogP contribution in [-0.2, 0) is 4.74 Å². The van der Waals surface area contributed by atoms with E-state index >= 15 is 0 Å². The Morgan fingerprint density at radius 3 is 2.71 bits per heavy atom. The van der Waals surface area contributed by atoms with E-state index < -0.39 is 0 Å². The van der Waals surface area contributed by atoms with E-state index in [9.17, 15) is 4.39 Å². The lowest BCUT2D eigenvalue weighted by Gasteiger charge is -2.27. The molecule has 3 rings (SSSR count). The fraction of sp³-hybridized carbons (Fsp3) is 0.625. The van der Waals surface area contributed by atoms with Crippen molar-refractivity contribution in [1.82, 2.24) is 9.97 Å². The zero-order chi connectivity index (χ0) is 14.5. The molecule has 1 aliphatic heterocycles. The molecule has 0 bridgehead atoms. The van der Waals surface area contributed by atoms with E-state index in [1.807, 2.05) is 11.0 Å². The number of anilines is 1. The van der Waals surface area contributed by atoms with Gasteiger partial charge in [0, 0.05) is 13.1 Å². The Bertz CT molecular complexity index is 494. The minimum atomic E-state index is -0.355. The Hall–Kier alpha value is -1.49. The van der Waals surface area contributed by atoms with Crippen LogP contribution < -0.4 is 4.90 Å². The average molecular weight is 291 g/mol. The molecule has 1 saturated carbocycles. The first kappa shape index (κ1) is 14.4. The molecule has 0 N–H and O–H groups in total. The molecule has 4 nitrogen and oxygen atoms in total. The van der Waals surface area contributed by atoms with Gasteiger partial charge >= 0.3 is 0 Å². The van der Waals surface area contributed by atoms with Crippen LogP contribution in [0.4, 0.5) is 10.2 Å². The van der Waals surface area contributed by atoms with Gasteiger partial charge in [-0.15, -0.1) is 0 Å². The molecular weight excluding hydrogens is 269 g/mol. The predicted molar refractivity (Wildman–Crippen MR) is 80.6 cm³/mol. The Morgan fingerprint density at radius 2 is 1.95 bits per heavy atom. The van der Waals surface area contributed by atoms with Gasteiger partial charge in [-0.3, -0.25) is 0 Å². The van der Waals surface area contributed by atoms with Gasteiger partial charge < -0.3 is 9.64 Å². The van der Waals surface area contributed by atoms with Crippen molar-refractivity contribution < 1.29 is 9.13 Å². The van der Waals surface area contributed by atoms with Gasteiger partial charge in [0.1, 0.15) is 0 Å². The number of hydrogen-bond donors (Lipinski definition) is 0. The standard InChI is InChI=1S/C16H22FN3O/c17-14-12-18-15(7-6-13-4-2-1-3-5-13)19-16(14)20-8-10-21-11-9-20/h6-7,12-13H,1-5,8-11H2. The van der Waals surface area contributed by atoms with Gasteiger partial charge in [-0.2, -0.15) is 0 Å². The van der Waals surface area contributed by atoms with Crippen LogP contribution in [0.5, 0.6) is 0 Å². The van der Waals surface area contributed by atoms with Crippen LogP contribution in [0.2, 0.25) is 0 Å². The van der Waals surface area contributed by atoms with Gasteiger partial charge in [0.05, 0.1) is 19.4 Å². The number of nitrogens with zero attached hydrogens (tertiary/aromatic N) is 3. The van der Waals surface area contributed by atoms with Crippen LogP contribution in [0.25, 0.3) is 6.08 Å². The smallest absolute Gasteiger partial charge is 0.183 e. The molecule has 0 radical (unpaired) electrons. The van der Waals surface area contributed by atoms with Crippen molar-refractivity contribution in [3.05, 3.63) is 23.9 Å². The van der Waals surface area contributed by atoms with E-state index in [1.54, 1.807) is 0 Å². The third-order valence-electron chi connectivity index (χ3n) is 4.22. The molecule has 0 atom stereocenters. The lowest BCUT2D eigenvalue weighted by molar-refractivity contribution is 0.122. The maximum atomic E-state index is 13.9. The van der Waals surface area contributed by atoms with E-state index in [1.165, 1.54) is 38.3 Å². The molecule has 2 heterocycles. The summed E-state index contributed by atoms with van der Waals surface area (Å²) in [5, 5.41) is 0. The van der Waals surface area contributed by atoms with Crippen molar-refractivity contribution in [3.63, 3.8) is 0 Å². The Labute approximate surface area is 125 Å². The Morgan fingerprint density at radius 1 is 1.19 bits per heavy atom. The zero-order valence-electron chi connectivity index (χ0n) is 12.3. The molecule has 0 spiro atoms. The van der Waals surface area contributed by atoms with E-state index in [0.29, 0.717) is 43.9 Å². The average Bonchev–Trinajstić information content (AvgIpc) is 2.56. The van der Waals surface area contributed by atoms with Crippen molar-refractivity contribution in [1.29, 1.82) is 0 Å². The molecule has 2 fully saturated rings. The molecule has 0 unspecified atom stereocenters. The van der Waals surface area contributed by atoms with E-state index in [4.69, 9.17) is 4.74 Å². The Kier molecular flexibility index (Phi) is 4.80. The lowest BCUT2D eigenvalue weighted by atomic mass is 9.89. The molecule has 1 aliphatic carbocycles. The third-order valence-corrected chi connectivity index (χ3v) is 4.22. The molecule has 0 amide bonds. The van der Waals surface area contributed by atoms with Crippen molar-refractivity contribution >= 4 is 11.9 Å². The van der Waals surface area contributed by atoms with Crippen molar-refractivity contribution in [2.24, 2.45) is 5.92 Å². The first-order chi connectivity index (χ1) is 10.3. The van der Waals surface area contributed by atoms with Gasteiger partial charge in [-0.1, -0.05) is 25.3 Å². The number of rotatable bonds is 3. The molecule has 21 heavy (non-hydrogen) atoms. The maximum absolute atomic E-state index is 13.9. The largest absolute Gasteiger partial charge is 0.378 e. The van der Waals surface area contributed by atoms with Crippen LogP contribution in [0.3, 0.4) is 0 Å². The first-order valence-electron chi connectivity index (χ1n) is 7.86. The summed E-state index contributed by atoms with van der Waals surface area (Å²) < 4.78 is 19.2. The normalized spacial score (nSPS) is 21.1. The number of ether oxygens (including phenoxy) is 1. The van der Waals surface area contributed by atoms with Crippen molar-refractivity contribution in [2.45, 2.75) is 32.1 Å². The van der Waals surface area contributed by atoms with Gasteiger partial charge in [-0.25, -0.2) is 14.4 Å². The summed E-state index contributed by atoms with van der Waals surface area (Å²) >= 11 is 0. The number of aromatic nitrogens is 2. The number of hydrogen-bond acceptors (Lipinski definition) is 4. The summed E-state index contributed by atoms with van der Waals surface area (Å²) in [6.07, 6.45) is 11.9. The highest BCUT2D eigenvalue weighted by Crippen LogP contribution is 2.25. The molecule has 114 valence electrons. The van der Waals surface area contributed by atoms with E-state index in [2.05, 4.69) is 16.0 Å². The summed E-state index contributed by atoms with van der Waals surface area (Å²) in [4.78, 5) is 10.4. The maximum Gasteiger partial charge on any atom is 0.183 e. The highest BCUT2D eigenvalue weighted by molar-refractivity contribution is 5.47. The SMILES string of the molecule is Fc1cnc(C=CC2CCCCC2)nc1N1CCOCC1. The van der Waals surface area contributed by atoms with Gasteiger partial charge in [0.15, 0.2) is 17.5 Å². The molecule has 1 aromatic rings. The van der Waals surface area contributed by atoms with Crippen LogP contribution in [-0.4, -0.2) is 36.3 Å². The second-order valence-electron chi connectivity index (χ2n) is 5.76. The predicted octanol–water partition coefficient (Wildman–Crippen LogP) is 3.05. The summed E-state index contributed by atoms with van der Waals surface area (Å²) in [5.41, 5.74) is 0. The monoisotopic (exact) mass is 291 g/mol. The Balaban J connectivity index is 1.72. The van der Waals surface area contributed by atoms with Crippen molar-refractivity contribution in [3.8, 4) is 0 Å². The number of allylic oxidation sites excluding steroid dienone is 1. The van der Waals surface area contributed by atoms with Crippen molar-refractivity contribution in [2.75, 3.05) is 31.2 Å². The molecule has 0 aromatic carbocycles. The second-order valence-corrected chi connectivity index (χ2v) is 5.76. The minimum absolute atomic E-state index is 0.355. The highest BCUT2D eigenvalue weighted by atomic mass is 19.1. The topological polar surface area (TPSA) is 38.2 Å². The highest BCUT2D eigenvalue weighted by Gasteiger charge is 2.17. The van der Waals surface area contributed by atoms with E-state index in [-0.39, 0.29) is 5.82 Å². The third kappa shape index (κ3) is 3.79. The quantitative estimate of drug-likeness (QED) is 0.858. The van der Waals surface area contributed by atoms with E-state index in [0.717, 1.165) is 0 Å². The number of morpholine rings is 1. The zero-order valence-corrected chi connectivity index (χ0v) is 12.3. The molecule has 5 heteroatoms. The van der Waals surface area contributed by atoms with Crippen LogP contribution in [0.15, 0.2) is 12.3 Å². The van der Waals surface area contributed by atoms with Gasteiger partial charge in [0.25, 0.3) is 0 Å². The lowest BCUT2D eigenvalue weighted by Crippen LogP contribution is -2.37. The molecule has 1 aromatic heterocycles. The van der Waals surface area contributed by atoms with Crippen LogP contribution in [0, 0.1) is 11.7 Å². The molecule has 1 saturated heterocycles. The second kappa shape index (κ2) is 6.98. The fourth-order valence-electron chi connectivity index (χ4n) is 3.00. The minimum Gasteiger partial charge on any atom is -0.378 e. The van der Waals surface area contributed by atoms with Crippen LogP contribution >= 0.6 is 0 Å². The summed E-state index contributed by atoms with van der Waals surface area (Å²) in [6, 6.07) is 0. The van der Waals surface area contributed by atoms with Crippen LogP contribution in [0.1, 0.15) is 37.9 Å². The summed E-state index contributed by atoms with van der Waals surface area (Å²) in [6.45, 7) is 2.60. The molecular formula is C16H22FN3O. The van der Waals surface area contributed by atoms with Gasteiger partial charge in [0.2, 0.25) is 0 Å². The molecule has 2 aliphatic rings. The fourth-order valence-corrected chi connectivity index (χ4v) is 3.00. The van der Waals surface area contributed by atoms with Gasteiger partial charge in [-0.05, 0) is 24.8 Å². The summed E-state index contributed by atoms with van der Waals surface area (Å²) in [5.74, 6) is 1.27. The first-order valence-corrected chi connectivity index (χ1v) is 7.86.